The van der Waals surface area contributed by atoms with Crippen molar-refractivity contribution in [3.05, 3.63) is 94.3 Å². The van der Waals surface area contributed by atoms with Crippen LogP contribution in [0.15, 0.2) is 60.7 Å². The van der Waals surface area contributed by atoms with Gasteiger partial charge in [0, 0.05) is 13.1 Å². The summed E-state index contributed by atoms with van der Waals surface area (Å²) in [6.07, 6.45) is 1.46. The van der Waals surface area contributed by atoms with Crippen molar-refractivity contribution in [1.82, 2.24) is 25.5 Å². The SMILES string of the molecule is Cc1cc(O)cc(C)c1C[C@@H](C)CN1Cc2ccccc2C[C@H]1C(=O)NCC(=O)NCc1nc2ccccc2[nH]1. The number of carbonyl (C=O) groups is 2. The summed E-state index contributed by atoms with van der Waals surface area (Å²) in [5.74, 6) is 0.844. The molecular weight excluding hydrogens is 502 g/mol. The Hall–Kier alpha value is -4.17. The van der Waals surface area contributed by atoms with Gasteiger partial charge in [0.25, 0.3) is 0 Å². The fourth-order valence-corrected chi connectivity index (χ4v) is 5.75. The molecule has 8 heteroatoms. The smallest absolute Gasteiger partial charge is 0.239 e. The van der Waals surface area contributed by atoms with Crippen molar-refractivity contribution < 1.29 is 14.7 Å². The number of carbonyl (C=O) groups excluding carboxylic acids is 2. The van der Waals surface area contributed by atoms with Crippen molar-refractivity contribution >= 4 is 22.8 Å². The van der Waals surface area contributed by atoms with E-state index < -0.39 is 0 Å². The van der Waals surface area contributed by atoms with Crippen molar-refractivity contribution in [2.45, 2.75) is 52.7 Å². The molecule has 0 fully saturated rings. The highest BCUT2D eigenvalue weighted by Gasteiger charge is 2.32. The molecule has 8 nitrogen and oxygen atoms in total. The Bertz CT molecular complexity index is 1470. The minimum atomic E-state index is -0.359. The van der Waals surface area contributed by atoms with Crippen LogP contribution in [-0.4, -0.2) is 50.9 Å². The van der Waals surface area contributed by atoms with Gasteiger partial charge in [-0.05, 0) is 84.7 Å². The van der Waals surface area contributed by atoms with Gasteiger partial charge in [-0.1, -0.05) is 43.3 Å². The number of aromatic nitrogens is 2. The van der Waals surface area contributed by atoms with Crippen molar-refractivity contribution in [3.63, 3.8) is 0 Å². The molecule has 1 aromatic heterocycles. The molecule has 1 aliphatic heterocycles. The number of fused-ring (bicyclic) bond motifs is 2. The third kappa shape index (κ3) is 6.34. The van der Waals surface area contributed by atoms with Crippen LogP contribution in [0.2, 0.25) is 0 Å². The van der Waals surface area contributed by atoms with Gasteiger partial charge in [0.2, 0.25) is 11.8 Å². The van der Waals surface area contributed by atoms with Crippen molar-refractivity contribution in [2.24, 2.45) is 5.92 Å². The van der Waals surface area contributed by atoms with Crippen LogP contribution in [0.4, 0.5) is 0 Å². The van der Waals surface area contributed by atoms with Crippen LogP contribution in [-0.2, 0) is 35.5 Å². The topological polar surface area (TPSA) is 110 Å². The van der Waals surface area contributed by atoms with Crippen LogP contribution in [0.3, 0.4) is 0 Å². The van der Waals surface area contributed by atoms with Crippen molar-refractivity contribution in [2.75, 3.05) is 13.1 Å². The number of phenolic OH excluding ortho intramolecular Hbond substituents is 1. The van der Waals surface area contributed by atoms with Crippen LogP contribution < -0.4 is 10.6 Å². The number of benzene rings is 3. The molecule has 0 saturated heterocycles. The first-order valence-electron chi connectivity index (χ1n) is 13.8. The van der Waals surface area contributed by atoms with E-state index in [2.05, 4.69) is 44.6 Å². The lowest BCUT2D eigenvalue weighted by molar-refractivity contribution is -0.130. The zero-order valence-electron chi connectivity index (χ0n) is 23.3. The number of amides is 2. The van der Waals surface area contributed by atoms with Crippen molar-refractivity contribution in [3.8, 4) is 5.75 Å². The average molecular weight is 540 g/mol. The van der Waals surface area contributed by atoms with E-state index in [-0.39, 0.29) is 42.6 Å². The highest BCUT2D eigenvalue weighted by molar-refractivity contribution is 5.87. The lowest BCUT2D eigenvalue weighted by Gasteiger charge is -2.37. The van der Waals surface area contributed by atoms with E-state index >= 15 is 0 Å². The van der Waals surface area contributed by atoms with Gasteiger partial charge in [-0.25, -0.2) is 4.98 Å². The molecular formula is C32H37N5O3. The molecule has 208 valence electrons. The van der Waals surface area contributed by atoms with Gasteiger partial charge in [-0.3, -0.25) is 14.5 Å². The molecule has 0 unspecified atom stereocenters. The molecule has 2 amide bonds. The quantitative estimate of drug-likeness (QED) is 0.258. The van der Waals surface area contributed by atoms with Gasteiger partial charge in [0.05, 0.1) is 30.2 Å². The molecule has 2 atom stereocenters. The third-order valence-corrected chi connectivity index (χ3v) is 7.74. The van der Waals surface area contributed by atoms with Crippen LogP contribution in [0.5, 0.6) is 5.75 Å². The molecule has 5 rings (SSSR count). The van der Waals surface area contributed by atoms with Gasteiger partial charge in [0.15, 0.2) is 0 Å². The molecule has 0 aliphatic carbocycles. The minimum Gasteiger partial charge on any atom is -0.508 e. The predicted octanol–water partition coefficient (Wildman–Crippen LogP) is 3.92. The Morgan fingerprint density at radius 1 is 1.05 bits per heavy atom. The Morgan fingerprint density at radius 2 is 1.75 bits per heavy atom. The highest BCUT2D eigenvalue weighted by Crippen LogP contribution is 2.27. The van der Waals surface area contributed by atoms with E-state index in [4.69, 9.17) is 0 Å². The Kier molecular flexibility index (Phi) is 8.16. The summed E-state index contributed by atoms with van der Waals surface area (Å²) in [4.78, 5) is 35.9. The van der Waals surface area contributed by atoms with E-state index in [1.165, 1.54) is 16.7 Å². The maximum absolute atomic E-state index is 13.4. The Balaban J connectivity index is 1.21. The second kappa shape index (κ2) is 11.9. The molecule has 1 aliphatic rings. The predicted molar refractivity (Wildman–Crippen MR) is 156 cm³/mol. The standard InChI is InChI=1S/C32H37N5O3/c1-20(12-26-21(2)13-25(38)14-22(26)3)18-37-19-24-9-5-4-8-23(24)15-29(37)32(40)34-17-31(39)33-16-30-35-27-10-6-7-11-28(27)36-30/h4-11,13-14,20,29,38H,12,15-19H2,1-3H3,(H,33,39)(H,34,40)(H,35,36)/t20-,29+/m1/s1. The normalized spacial score (nSPS) is 15.9. The maximum Gasteiger partial charge on any atom is 0.239 e. The number of rotatable bonds is 9. The number of H-pyrrole nitrogens is 1. The fourth-order valence-electron chi connectivity index (χ4n) is 5.75. The molecule has 0 spiro atoms. The molecule has 2 heterocycles. The van der Waals surface area contributed by atoms with Gasteiger partial charge < -0.3 is 20.7 Å². The first-order chi connectivity index (χ1) is 19.3. The summed E-state index contributed by atoms with van der Waals surface area (Å²) < 4.78 is 0. The zero-order valence-corrected chi connectivity index (χ0v) is 23.3. The number of aromatic hydroxyl groups is 1. The summed E-state index contributed by atoms with van der Waals surface area (Å²) >= 11 is 0. The summed E-state index contributed by atoms with van der Waals surface area (Å²) in [5.41, 5.74) is 7.58. The number of hydrogen-bond donors (Lipinski definition) is 4. The monoisotopic (exact) mass is 539 g/mol. The van der Waals surface area contributed by atoms with E-state index in [1.807, 2.05) is 62.4 Å². The Morgan fingerprint density at radius 3 is 2.50 bits per heavy atom. The maximum atomic E-state index is 13.4. The van der Waals surface area contributed by atoms with Gasteiger partial charge in [-0.15, -0.1) is 0 Å². The number of para-hydroxylation sites is 2. The van der Waals surface area contributed by atoms with Crippen LogP contribution in [0.1, 0.15) is 40.6 Å². The van der Waals surface area contributed by atoms with E-state index in [9.17, 15) is 14.7 Å². The summed E-state index contributed by atoms with van der Waals surface area (Å²) in [6.45, 7) is 7.86. The number of nitrogens with zero attached hydrogens (tertiary/aromatic N) is 2. The van der Waals surface area contributed by atoms with E-state index in [1.54, 1.807) is 0 Å². The largest absolute Gasteiger partial charge is 0.508 e. The van der Waals surface area contributed by atoms with Gasteiger partial charge in [-0.2, -0.15) is 0 Å². The molecule has 0 radical (unpaired) electrons. The lowest BCUT2D eigenvalue weighted by atomic mass is 9.90. The number of aromatic amines is 1. The number of hydrogen-bond acceptors (Lipinski definition) is 5. The number of nitrogens with one attached hydrogen (secondary N) is 3. The molecule has 0 bridgehead atoms. The second-order valence-electron chi connectivity index (χ2n) is 11.0. The van der Waals surface area contributed by atoms with Crippen LogP contribution >= 0.6 is 0 Å². The fraction of sp³-hybridized carbons (Fsp3) is 0.344. The molecule has 4 N–H and O–H groups in total. The zero-order chi connectivity index (χ0) is 28.2. The first kappa shape index (κ1) is 27.4. The Labute approximate surface area is 234 Å². The summed E-state index contributed by atoms with van der Waals surface area (Å²) in [7, 11) is 0. The van der Waals surface area contributed by atoms with Gasteiger partial charge in [0.1, 0.15) is 11.6 Å². The second-order valence-corrected chi connectivity index (χ2v) is 11.0. The van der Waals surface area contributed by atoms with Gasteiger partial charge >= 0.3 is 0 Å². The lowest BCUT2D eigenvalue weighted by Crippen LogP contribution is -2.52. The van der Waals surface area contributed by atoms with E-state index in [0.717, 1.165) is 35.1 Å². The molecule has 4 aromatic rings. The minimum absolute atomic E-state index is 0.0908. The number of phenols is 1. The van der Waals surface area contributed by atoms with Crippen LogP contribution in [0, 0.1) is 19.8 Å². The molecule has 40 heavy (non-hydrogen) atoms. The third-order valence-electron chi connectivity index (χ3n) is 7.74. The van der Waals surface area contributed by atoms with Crippen molar-refractivity contribution in [1.29, 1.82) is 0 Å². The number of aryl methyl sites for hydroxylation is 2. The molecule has 3 aromatic carbocycles. The molecule has 0 saturated carbocycles. The summed E-state index contributed by atoms with van der Waals surface area (Å²) in [6, 6.07) is 19.2. The highest BCUT2D eigenvalue weighted by atomic mass is 16.3. The summed E-state index contributed by atoms with van der Waals surface area (Å²) in [5, 5.41) is 15.6. The van der Waals surface area contributed by atoms with Crippen LogP contribution in [0.25, 0.3) is 11.0 Å². The number of imidazole rings is 1. The van der Waals surface area contributed by atoms with E-state index in [0.29, 0.717) is 18.8 Å². The average Bonchev–Trinajstić information content (AvgIpc) is 3.35. The first-order valence-corrected chi connectivity index (χ1v) is 13.8.